The van der Waals surface area contributed by atoms with Gasteiger partial charge in [-0.05, 0) is 6.08 Å². The van der Waals surface area contributed by atoms with Crippen molar-refractivity contribution in [2.75, 3.05) is 0 Å². The molecule has 2 heteroatoms. The fourth-order valence-electron chi connectivity index (χ4n) is 0.424. The number of hydrogen-bond donors (Lipinski definition) is 0. The van der Waals surface area contributed by atoms with E-state index in [1.807, 2.05) is 0 Å². The van der Waals surface area contributed by atoms with Crippen molar-refractivity contribution in [1.82, 2.24) is 0 Å². The Morgan fingerprint density at radius 2 is 2.71 bits per heavy atom. The van der Waals surface area contributed by atoms with Gasteiger partial charge >= 0.3 is 0 Å². The maximum Gasteiger partial charge on any atom is 0.212 e. The zero-order valence-corrected chi connectivity index (χ0v) is 3.76. The molecule has 37 valence electrons. The van der Waals surface area contributed by atoms with Gasteiger partial charge in [0.2, 0.25) is 6.10 Å². The average Bonchev–Trinajstić information content (AvgIpc) is 2.14. The summed E-state index contributed by atoms with van der Waals surface area (Å²) in [4.78, 5) is 9.81. The number of carbonyl (C=O) groups excluding carboxylic acids is 1. The summed E-state index contributed by atoms with van der Waals surface area (Å²) in [5.41, 5.74) is 0. The molecule has 0 saturated heterocycles. The fourth-order valence-corrected chi connectivity index (χ4v) is 0.424. The summed E-state index contributed by atoms with van der Waals surface area (Å²) in [5, 5.41) is 0. The first-order chi connectivity index (χ1) is 3.43. The van der Waals surface area contributed by atoms with Crippen LogP contribution in [0.3, 0.4) is 0 Å². The molecule has 0 N–H and O–H groups in total. The highest BCUT2D eigenvalue weighted by Gasteiger charge is 2.09. The Balaban J connectivity index is 2.35. The van der Waals surface area contributed by atoms with Crippen molar-refractivity contribution in [3.05, 3.63) is 18.4 Å². The van der Waals surface area contributed by atoms with Gasteiger partial charge in [0.05, 0.1) is 6.26 Å². The van der Waals surface area contributed by atoms with Crippen molar-refractivity contribution in [3.8, 4) is 0 Å². The van der Waals surface area contributed by atoms with Crippen molar-refractivity contribution in [2.45, 2.75) is 6.42 Å². The maximum atomic E-state index is 9.81. The summed E-state index contributed by atoms with van der Waals surface area (Å²) >= 11 is 0. The van der Waals surface area contributed by atoms with Crippen molar-refractivity contribution < 1.29 is 9.53 Å². The third-order valence-corrected chi connectivity index (χ3v) is 0.766. The molecular formula is C5H5O2. The van der Waals surface area contributed by atoms with Crippen LogP contribution in [0, 0.1) is 6.10 Å². The van der Waals surface area contributed by atoms with E-state index in [-0.39, 0.29) is 0 Å². The zero-order chi connectivity index (χ0) is 5.11. The van der Waals surface area contributed by atoms with Crippen molar-refractivity contribution in [2.24, 2.45) is 0 Å². The highest BCUT2D eigenvalue weighted by Crippen LogP contribution is 2.12. The van der Waals surface area contributed by atoms with E-state index in [0.29, 0.717) is 12.5 Å². The lowest BCUT2D eigenvalue weighted by Gasteiger charge is -1.93. The molecule has 0 unspecified atom stereocenters. The number of aldehydes is 1. The van der Waals surface area contributed by atoms with Crippen LogP contribution in [0.4, 0.5) is 0 Å². The van der Waals surface area contributed by atoms with Crippen LogP contribution in [0.1, 0.15) is 6.42 Å². The quantitative estimate of drug-likeness (QED) is 0.449. The predicted molar refractivity (Wildman–Crippen MR) is 24.1 cm³/mol. The Labute approximate surface area is 41.8 Å². The van der Waals surface area contributed by atoms with Gasteiger partial charge in [0.1, 0.15) is 0 Å². The summed E-state index contributed by atoms with van der Waals surface area (Å²) in [6, 6.07) is 0. The minimum Gasteiger partial charge on any atom is -0.483 e. The number of ether oxygens (including phenoxy) is 1. The molecule has 0 atom stereocenters. The molecule has 0 aromatic carbocycles. The Kier molecular flexibility index (Phi) is 1.11. The van der Waals surface area contributed by atoms with Gasteiger partial charge in [-0.15, -0.1) is 0 Å². The second-order valence-corrected chi connectivity index (χ2v) is 1.28. The van der Waals surface area contributed by atoms with E-state index < -0.39 is 0 Å². The van der Waals surface area contributed by atoms with Gasteiger partial charge in [-0.2, -0.15) is 0 Å². The Bertz CT molecular complexity index is 88.3. The smallest absolute Gasteiger partial charge is 0.212 e. The fraction of sp³-hybridized carbons (Fsp3) is 0.200. The van der Waals surface area contributed by atoms with Crippen LogP contribution in [-0.4, -0.2) is 6.29 Å². The van der Waals surface area contributed by atoms with Gasteiger partial charge in [-0.25, -0.2) is 0 Å². The van der Waals surface area contributed by atoms with Crippen molar-refractivity contribution >= 4 is 6.29 Å². The Morgan fingerprint density at radius 3 is 3.00 bits per heavy atom. The molecule has 1 aliphatic heterocycles. The predicted octanol–water partition coefficient (Wildman–Crippen LogP) is 0.651. The van der Waals surface area contributed by atoms with Crippen LogP contribution in [-0.2, 0) is 9.53 Å². The minimum atomic E-state index is 0.500. The van der Waals surface area contributed by atoms with Gasteiger partial charge in [-0.1, -0.05) is 0 Å². The second-order valence-electron chi connectivity index (χ2n) is 1.28. The van der Waals surface area contributed by atoms with E-state index in [1.54, 1.807) is 6.08 Å². The molecule has 1 aliphatic rings. The summed E-state index contributed by atoms with van der Waals surface area (Å²) in [5.74, 6) is 0. The van der Waals surface area contributed by atoms with E-state index in [2.05, 4.69) is 4.74 Å². The molecule has 0 spiro atoms. The first-order valence-electron chi connectivity index (χ1n) is 2.06. The van der Waals surface area contributed by atoms with Crippen LogP contribution in [0.25, 0.3) is 0 Å². The normalized spacial score (nSPS) is 19.4. The molecule has 1 rings (SSSR count). The molecule has 0 fully saturated rings. The van der Waals surface area contributed by atoms with Crippen LogP contribution in [0.5, 0.6) is 0 Å². The van der Waals surface area contributed by atoms with Crippen molar-refractivity contribution in [1.29, 1.82) is 0 Å². The molecule has 0 aliphatic carbocycles. The summed E-state index contributed by atoms with van der Waals surface area (Å²) in [6.07, 6.45) is 5.19. The largest absolute Gasteiger partial charge is 0.483 e. The van der Waals surface area contributed by atoms with Gasteiger partial charge in [0.25, 0.3) is 0 Å². The monoisotopic (exact) mass is 97.0 g/mol. The SMILES string of the molecule is O=C[C]1CC=CO1. The summed E-state index contributed by atoms with van der Waals surface area (Å²) < 4.78 is 4.67. The molecule has 0 aromatic heterocycles. The highest BCUT2D eigenvalue weighted by atomic mass is 16.5. The molecule has 1 radical (unpaired) electrons. The third-order valence-electron chi connectivity index (χ3n) is 0.766. The molecule has 0 bridgehead atoms. The number of rotatable bonds is 1. The topological polar surface area (TPSA) is 26.3 Å². The lowest BCUT2D eigenvalue weighted by molar-refractivity contribution is -0.109. The van der Waals surface area contributed by atoms with E-state index in [4.69, 9.17) is 0 Å². The highest BCUT2D eigenvalue weighted by molar-refractivity contribution is 5.66. The Hall–Kier alpha value is -0.790. The van der Waals surface area contributed by atoms with Gasteiger partial charge in [-0.3, -0.25) is 4.79 Å². The number of hydrogen-bond acceptors (Lipinski definition) is 2. The van der Waals surface area contributed by atoms with Crippen molar-refractivity contribution in [3.63, 3.8) is 0 Å². The first kappa shape index (κ1) is 4.37. The molecule has 0 saturated carbocycles. The third kappa shape index (κ3) is 0.796. The number of carbonyl (C=O) groups is 1. The van der Waals surface area contributed by atoms with Crippen LogP contribution in [0.2, 0.25) is 0 Å². The van der Waals surface area contributed by atoms with Gasteiger partial charge in [0, 0.05) is 6.42 Å². The second kappa shape index (κ2) is 1.78. The molecule has 7 heavy (non-hydrogen) atoms. The Morgan fingerprint density at radius 1 is 1.86 bits per heavy atom. The zero-order valence-electron chi connectivity index (χ0n) is 3.76. The van der Waals surface area contributed by atoms with Gasteiger partial charge < -0.3 is 4.74 Å². The van der Waals surface area contributed by atoms with E-state index in [1.165, 1.54) is 6.26 Å². The average molecular weight is 97.1 g/mol. The maximum absolute atomic E-state index is 9.81. The molecular weight excluding hydrogens is 92.1 g/mol. The lowest BCUT2D eigenvalue weighted by Crippen LogP contribution is -1.92. The lowest BCUT2D eigenvalue weighted by atomic mass is 10.3. The molecule has 0 amide bonds. The van der Waals surface area contributed by atoms with Crippen LogP contribution < -0.4 is 0 Å². The van der Waals surface area contributed by atoms with E-state index >= 15 is 0 Å². The molecule has 0 aromatic rings. The van der Waals surface area contributed by atoms with Crippen LogP contribution >= 0.6 is 0 Å². The first-order valence-corrected chi connectivity index (χ1v) is 2.06. The van der Waals surface area contributed by atoms with E-state index in [9.17, 15) is 4.79 Å². The standard InChI is InChI=1S/C5H5O2/c6-4-5-2-1-3-7-5/h1,3-4H,2H2. The molecule has 2 nitrogen and oxygen atoms in total. The minimum absolute atomic E-state index is 0.500. The summed E-state index contributed by atoms with van der Waals surface area (Å²) in [6.45, 7) is 0. The molecule has 1 heterocycles. The summed E-state index contributed by atoms with van der Waals surface area (Å²) in [7, 11) is 0. The van der Waals surface area contributed by atoms with Gasteiger partial charge in [0.15, 0.2) is 6.29 Å². The van der Waals surface area contributed by atoms with E-state index in [0.717, 1.165) is 6.29 Å². The van der Waals surface area contributed by atoms with Crippen LogP contribution in [0.15, 0.2) is 12.3 Å².